The van der Waals surface area contributed by atoms with Gasteiger partial charge in [-0.2, -0.15) is 0 Å². The third-order valence-electron chi connectivity index (χ3n) is 6.33. The molecule has 0 aliphatic carbocycles. The van der Waals surface area contributed by atoms with Crippen LogP contribution in [-0.2, 0) is 20.8 Å². The molecule has 1 aromatic carbocycles. The molecule has 0 saturated carbocycles. The summed E-state index contributed by atoms with van der Waals surface area (Å²) < 4.78 is 0. The lowest BCUT2D eigenvalue weighted by Gasteiger charge is -2.42. The van der Waals surface area contributed by atoms with Gasteiger partial charge in [0.05, 0.1) is 5.41 Å². The lowest BCUT2D eigenvalue weighted by Crippen LogP contribution is -2.57. The Hall–Kier alpha value is -2.67. The minimum absolute atomic E-state index is 0.00365. The number of amides is 3. The van der Waals surface area contributed by atoms with Crippen LogP contribution in [-0.4, -0.2) is 48.3 Å². The lowest BCUT2D eigenvalue weighted by atomic mass is 9.73. The molecule has 1 aromatic heterocycles. The molecule has 2 fully saturated rings. The molecule has 7 heteroatoms. The quantitative estimate of drug-likeness (QED) is 0.726. The molecule has 2 saturated heterocycles. The first kappa shape index (κ1) is 21.6. The van der Waals surface area contributed by atoms with Gasteiger partial charge >= 0.3 is 0 Å². The minimum atomic E-state index is -0.681. The summed E-state index contributed by atoms with van der Waals surface area (Å²) in [6, 6.07) is 11.9. The van der Waals surface area contributed by atoms with Gasteiger partial charge in [-0.3, -0.25) is 14.4 Å². The van der Waals surface area contributed by atoms with Crippen molar-refractivity contribution in [2.24, 2.45) is 5.41 Å². The average molecular weight is 440 g/mol. The van der Waals surface area contributed by atoms with Crippen LogP contribution in [0.3, 0.4) is 0 Å². The predicted octanol–water partition coefficient (Wildman–Crippen LogP) is 2.98. The highest BCUT2D eigenvalue weighted by Gasteiger charge is 2.45. The number of nitrogens with zero attached hydrogens (tertiary/aromatic N) is 1. The molecule has 2 aliphatic heterocycles. The molecule has 6 nitrogen and oxygen atoms in total. The number of carbonyl (C=O) groups is 3. The van der Waals surface area contributed by atoms with E-state index in [4.69, 9.17) is 0 Å². The summed E-state index contributed by atoms with van der Waals surface area (Å²) in [7, 11) is 0. The van der Waals surface area contributed by atoms with Gasteiger partial charge < -0.3 is 15.5 Å². The van der Waals surface area contributed by atoms with E-state index in [0.717, 1.165) is 24.0 Å². The molecule has 0 bridgehead atoms. The van der Waals surface area contributed by atoms with Gasteiger partial charge in [0.2, 0.25) is 17.7 Å². The van der Waals surface area contributed by atoms with E-state index >= 15 is 0 Å². The van der Waals surface area contributed by atoms with E-state index in [1.807, 2.05) is 25.1 Å². The highest BCUT2D eigenvalue weighted by atomic mass is 32.1. The van der Waals surface area contributed by atoms with Crippen LogP contribution in [0, 0.1) is 5.41 Å². The van der Waals surface area contributed by atoms with Crippen molar-refractivity contribution in [3.05, 3.63) is 47.3 Å². The Morgan fingerprint density at radius 1 is 1.26 bits per heavy atom. The Kier molecular flexibility index (Phi) is 6.41. The number of carbonyl (C=O) groups excluding carboxylic acids is 3. The first-order valence-corrected chi connectivity index (χ1v) is 11.9. The smallest absolute Gasteiger partial charge is 0.245 e. The fraction of sp³-hybridized carbons (Fsp3) is 0.458. The third-order valence-corrected chi connectivity index (χ3v) is 7.24. The summed E-state index contributed by atoms with van der Waals surface area (Å²) in [4.78, 5) is 41.0. The van der Waals surface area contributed by atoms with E-state index in [1.54, 1.807) is 16.2 Å². The number of piperidine rings is 1. The second-order valence-corrected chi connectivity index (χ2v) is 9.42. The number of rotatable bonds is 6. The van der Waals surface area contributed by atoms with Gasteiger partial charge in [-0.25, -0.2) is 0 Å². The highest BCUT2D eigenvalue weighted by molar-refractivity contribution is 7.13. The van der Waals surface area contributed by atoms with Crippen LogP contribution in [0.5, 0.6) is 0 Å². The zero-order valence-corrected chi connectivity index (χ0v) is 18.7. The zero-order valence-electron chi connectivity index (χ0n) is 17.9. The Morgan fingerprint density at radius 3 is 2.81 bits per heavy atom. The first-order valence-electron chi connectivity index (χ1n) is 11.0. The van der Waals surface area contributed by atoms with Crippen LogP contribution >= 0.6 is 11.3 Å². The summed E-state index contributed by atoms with van der Waals surface area (Å²) in [5, 5.41) is 7.86. The normalized spacial score (nSPS) is 23.5. The van der Waals surface area contributed by atoms with Crippen LogP contribution in [0.25, 0.3) is 10.4 Å². The molecular formula is C24H29N3O3S. The van der Waals surface area contributed by atoms with Gasteiger partial charge in [0, 0.05) is 30.9 Å². The molecule has 3 heterocycles. The standard InChI is InChI=1S/C24H29N3O3S/c1-2-25-23(30)24(15-17-7-3-4-8-18(17)20-9-5-14-31-20)12-6-13-27(16-24)22(29)19-10-11-21(28)26-19/h3-5,7-9,14,19H,2,6,10-13,15-16H2,1H3,(H,25,30)(H,26,28)/t19-,24+/m0/s1. The molecule has 0 unspecified atom stereocenters. The first-order chi connectivity index (χ1) is 15.0. The van der Waals surface area contributed by atoms with E-state index in [0.29, 0.717) is 38.9 Å². The van der Waals surface area contributed by atoms with Gasteiger partial charge in [-0.15, -0.1) is 11.3 Å². The van der Waals surface area contributed by atoms with Gasteiger partial charge in [0.1, 0.15) is 6.04 Å². The Labute approximate surface area is 187 Å². The van der Waals surface area contributed by atoms with Gasteiger partial charge in [0.15, 0.2) is 0 Å². The molecule has 2 N–H and O–H groups in total. The molecule has 2 aromatic rings. The Bertz CT molecular complexity index is 959. The molecule has 31 heavy (non-hydrogen) atoms. The summed E-state index contributed by atoms with van der Waals surface area (Å²) in [6.45, 7) is 3.48. The van der Waals surface area contributed by atoms with Gasteiger partial charge in [-0.05, 0) is 55.2 Å². The van der Waals surface area contributed by atoms with E-state index in [9.17, 15) is 14.4 Å². The number of likely N-dealkylation sites (tertiary alicyclic amines) is 1. The highest BCUT2D eigenvalue weighted by Crippen LogP contribution is 2.38. The second kappa shape index (κ2) is 9.22. The van der Waals surface area contributed by atoms with Crippen molar-refractivity contribution in [3.63, 3.8) is 0 Å². The molecule has 2 aliphatic rings. The largest absolute Gasteiger partial charge is 0.356 e. The molecule has 4 rings (SSSR count). The van der Waals surface area contributed by atoms with Crippen molar-refractivity contribution in [3.8, 4) is 10.4 Å². The number of hydrogen-bond acceptors (Lipinski definition) is 4. The van der Waals surface area contributed by atoms with Crippen molar-refractivity contribution in [1.29, 1.82) is 0 Å². The van der Waals surface area contributed by atoms with Crippen molar-refractivity contribution < 1.29 is 14.4 Å². The summed E-state index contributed by atoms with van der Waals surface area (Å²) in [6.07, 6.45) is 3.00. The average Bonchev–Trinajstić information content (AvgIpc) is 3.46. The topological polar surface area (TPSA) is 78.5 Å². The Morgan fingerprint density at radius 2 is 2.10 bits per heavy atom. The van der Waals surface area contributed by atoms with Crippen molar-refractivity contribution in [2.45, 2.75) is 45.1 Å². The fourth-order valence-corrected chi connectivity index (χ4v) is 5.60. The van der Waals surface area contributed by atoms with Crippen LogP contribution in [0.4, 0.5) is 0 Å². The monoisotopic (exact) mass is 439 g/mol. The van der Waals surface area contributed by atoms with Gasteiger partial charge in [-0.1, -0.05) is 30.3 Å². The molecule has 164 valence electrons. The van der Waals surface area contributed by atoms with E-state index in [-0.39, 0.29) is 17.7 Å². The van der Waals surface area contributed by atoms with Crippen molar-refractivity contribution in [2.75, 3.05) is 19.6 Å². The van der Waals surface area contributed by atoms with Crippen LogP contribution in [0.1, 0.15) is 38.2 Å². The predicted molar refractivity (Wildman–Crippen MR) is 122 cm³/mol. The number of benzene rings is 1. The molecule has 0 radical (unpaired) electrons. The molecule has 0 spiro atoms. The zero-order chi connectivity index (χ0) is 21.8. The maximum Gasteiger partial charge on any atom is 0.245 e. The summed E-state index contributed by atoms with van der Waals surface area (Å²) in [5.41, 5.74) is 1.59. The maximum atomic E-state index is 13.3. The number of thiophene rings is 1. The van der Waals surface area contributed by atoms with Crippen LogP contribution in [0.2, 0.25) is 0 Å². The summed E-state index contributed by atoms with van der Waals surface area (Å²) >= 11 is 1.69. The third kappa shape index (κ3) is 4.51. The minimum Gasteiger partial charge on any atom is -0.356 e. The van der Waals surface area contributed by atoms with E-state index < -0.39 is 11.5 Å². The fourth-order valence-electron chi connectivity index (χ4n) is 4.81. The SMILES string of the molecule is CCNC(=O)[C@@]1(Cc2ccccc2-c2cccs2)CCCN(C(=O)[C@@H]2CCC(=O)N2)C1. The molecule has 3 amide bonds. The van der Waals surface area contributed by atoms with Gasteiger partial charge in [0.25, 0.3) is 0 Å². The lowest BCUT2D eigenvalue weighted by molar-refractivity contribution is -0.143. The van der Waals surface area contributed by atoms with E-state index in [1.165, 1.54) is 4.88 Å². The van der Waals surface area contributed by atoms with Crippen LogP contribution in [0.15, 0.2) is 41.8 Å². The maximum absolute atomic E-state index is 13.3. The van der Waals surface area contributed by atoms with Crippen molar-refractivity contribution in [1.82, 2.24) is 15.5 Å². The van der Waals surface area contributed by atoms with E-state index in [2.05, 4.69) is 34.2 Å². The number of nitrogens with one attached hydrogen (secondary N) is 2. The number of hydrogen-bond donors (Lipinski definition) is 2. The molecule has 2 atom stereocenters. The van der Waals surface area contributed by atoms with Crippen LogP contribution < -0.4 is 10.6 Å². The summed E-state index contributed by atoms with van der Waals surface area (Å²) in [5.74, 6) is -0.134. The Balaban J connectivity index is 1.63. The second-order valence-electron chi connectivity index (χ2n) is 8.47. The molecular weight excluding hydrogens is 410 g/mol. The van der Waals surface area contributed by atoms with Crippen molar-refractivity contribution >= 4 is 29.1 Å².